The van der Waals surface area contributed by atoms with Crippen LogP contribution < -0.4 is 10.1 Å². The molecule has 3 rings (SSSR count). The minimum atomic E-state index is -3.45. The van der Waals surface area contributed by atoms with Crippen LogP contribution in [0.4, 0.5) is 0 Å². The molecule has 27 heavy (non-hydrogen) atoms. The number of nitrogens with zero attached hydrogens (tertiary/aromatic N) is 1. The van der Waals surface area contributed by atoms with E-state index < -0.39 is 15.7 Å². The van der Waals surface area contributed by atoms with Crippen LogP contribution >= 0.6 is 0 Å². The standard InChI is InChI=1S/C19H18N2O5S/c1-25-15-9-7-14(8-10-15)18-13-17(21-26-18)19(22)20-11-12-27(23,24)16-5-3-2-4-6-16/h2-10,13H,11-12H2,1H3,(H,20,22). The second kappa shape index (κ2) is 8.05. The topological polar surface area (TPSA) is 98.5 Å². The molecular weight excluding hydrogens is 368 g/mol. The average molecular weight is 386 g/mol. The number of hydrogen-bond donors (Lipinski definition) is 1. The van der Waals surface area contributed by atoms with E-state index in [4.69, 9.17) is 9.26 Å². The van der Waals surface area contributed by atoms with E-state index in [1.807, 2.05) is 0 Å². The molecule has 140 valence electrons. The van der Waals surface area contributed by atoms with Gasteiger partial charge in [-0.25, -0.2) is 8.42 Å². The summed E-state index contributed by atoms with van der Waals surface area (Å²) in [5.41, 5.74) is 0.826. The van der Waals surface area contributed by atoms with Crippen molar-refractivity contribution in [2.75, 3.05) is 19.4 Å². The van der Waals surface area contributed by atoms with Crippen molar-refractivity contribution in [1.82, 2.24) is 10.5 Å². The number of methoxy groups -OCH3 is 1. The highest BCUT2D eigenvalue weighted by Crippen LogP contribution is 2.23. The van der Waals surface area contributed by atoms with Gasteiger partial charge in [0.05, 0.1) is 17.8 Å². The molecule has 0 aliphatic rings. The molecular formula is C19H18N2O5S. The van der Waals surface area contributed by atoms with Crippen molar-refractivity contribution >= 4 is 15.7 Å². The first-order chi connectivity index (χ1) is 13.0. The van der Waals surface area contributed by atoms with E-state index in [1.165, 1.54) is 18.2 Å². The van der Waals surface area contributed by atoms with Gasteiger partial charge in [-0.2, -0.15) is 0 Å². The van der Waals surface area contributed by atoms with Crippen LogP contribution in [0.1, 0.15) is 10.5 Å². The summed E-state index contributed by atoms with van der Waals surface area (Å²) in [7, 11) is -1.88. The molecule has 0 radical (unpaired) electrons. The first-order valence-corrected chi connectivity index (χ1v) is 9.82. The van der Waals surface area contributed by atoms with Crippen LogP contribution in [-0.4, -0.2) is 38.9 Å². The number of benzene rings is 2. The van der Waals surface area contributed by atoms with E-state index in [-0.39, 0.29) is 22.9 Å². The lowest BCUT2D eigenvalue weighted by molar-refractivity contribution is 0.0947. The normalized spacial score (nSPS) is 11.1. The highest BCUT2D eigenvalue weighted by molar-refractivity contribution is 7.91. The Morgan fingerprint density at radius 2 is 1.81 bits per heavy atom. The summed E-state index contributed by atoms with van der Waals surface area (Å²) >= 11 is 0. The minimum Gasteiger partial charge on any atom is -0.497 e. The largest absolute Gasteiger partial charge is 0.497 e. The fourth-order valence-corrected chi connectivity index (χ4v) is 3.59. The highest BCUT2D eigenvalue weighted by Gasteiger charge is 2.17. The highest BCUT2D eigenvalue weighted by atomic mass is 32.2. The summed E-state index contributed by atoms with van der Waals surface area (Å²) in [4.78, 5) is 12.4. The van der Waals surface area contributed by atoms with E-state index >= 15 is 0 Å². The van der Waals surface area contributed by atoms with Gasteiger partial charge in [0.15, 0.2) is 21.3 Å². The summed E-state index contributed by atoms with van der Waals surface area (Å²) in [6, 6.07) is 16.7. The number of hydrogen-bond acceptors (Lipinski definition) is 6. The lowest BCUT2D eigenvalue weighted by Crippen LogP contribution is -2.29. The molecule has 8 heteroatoms. The molecule has 1 N–H and O–H groups in total. The second-order valence-electron chi connectivity index (χ2n) is 5.69. The van der Waals surface area contributed by atoms with Crippen molar-refractivity contribution in [3.63, 3.8) is 0 Å². The average Bonchev–Trinajstić information content (AvgIpc) is 3.19. The first kappa shape index (κ1) is 18.7. The van der Waals surface area contributed by atoms with E-state index in [1.54, 1.807) is 49.6 Å². The SMILES string of the molecule is COc1ccc(-c2cc(C(=O)NCCS(=O)(=O)c3ccccc3)no2)cc1. The maximum absolute atomic E-state index is 12.2. The third-order valence-corrected chi connectivity index (χ3v) is 5.61. The van der Waals surface area contributed by atoms with Crippen molar-refractivity contribution in [2.45, 2.75) is 4.90 Å². The van der Waals surface area contributed by atoms with Gasteiger partial charge in [-0.05, 0) is 36.4 Å². The van der Waals surface area contributed by atoms with Gasteiger partial charge < -0.3 is 14.6 Å². The number of amides is 1. The van der Waals surface area contributed by atoms with Crippen LogP contribution in [0, 0.1) is 0 Å². The molecule has 0 saturated heterocycles. The fraction of sp³-hybridized carbons (Fsp3) is 0.158. The maximum atomic E-state index is 12.2. The monoisotopic (exact) mass is 386 g/mol. The van der Waals surface area contributed by atoms with Crippen LogP contribution in [0.25, 0.3) is 11.3 Å². The van der Waals surface area contributed by atoms with Crippen LogP contribution in [0.2, 0.25) is 0 Å². The molecule has 2 aromatic carbocycles. The van der Waals surface area contributed by atoms with Gasteiger partial charge in [0, 0.05) is 18.2 Å². The summed E-state index contributed by atoms with van der Waals surface area (Å²) in [6.07, 6.45) is 0. The van der Waals surface area contributed by atoms with Gasteiger partial charge >= 0.3 is 0 Å². The maximum Gasteiger partial charge on any atom is 0.273 e. The molecule has 1 amide bonds. The Morgan fingerprint density at radius 3 is 2.48 bits per heavy atom. The van der Waals surface area contributed by atoms with Crippen LogP contribution in [0.5, 0.6) is 5.75 Å². The summed E-state index contributed by atoms with van der Waals surface area (Å²) in [5, 5.41) is 6.29. The molecule has 0 atom stereocenters. The van der Waals surface area contributed by atoms with Crippen LogP contribution in [0.15, 0.2) is 70.1 Å². The zero-order valence-electron chi connectivity index (χ0n) is 14.6. The van der Waals surface area contributed by atoms with Crippen molar-refractivity contribution in [3.05, 3.63) is 66.4 Å². The summed E-state index contributed by atoms with van der Waals surface area (Å²) in [6.45, 7) is -0.0270. The van der Waals surface area contributed by atoms with Crippen molar-refractivity contribution in [2.24, 2.45) is 0 Å². The fourth-order valence-electron chi connectivity index (χ4n) is 2.41. The number of rotatable bonds is 7. The number of aromatic nitrogens is 1. The van der Waals surface area contributed by atoms with Crippen molar-refractivity contribution < 1.29 is 22.5 Å². The quantitative estimate of drug-likeness (QED) is 0.670. The minimum absolute atomic E-state index is 0.0270. The molecule has 0 unspecified atom stereocenters. The molecule has 0 fully saturated rings. The summed E-state index contributed by atoms with van der Waals surface area (Å²) in [5.74, 6) is 0.434. The smallest absolute Gasteiger partial charge is 0.273 e. The molecule has 0 aliphatic carbocycles. The Labute approximate surface area is 156 Å². The molecule has 1 heterocycles. The van der Waals surface area contributed by atoms with Gasteiger partial charge in [-0.15, -0.1) is 0 Å². The Kier molecular flexibility index (Phi) is 5.56. The van der Waals surface area contributed by atoms with E-state index in [2.05, 4.69) is 10.5 Å². The molecule has 0 spiro atoms. The van der Waals surface area contributed by atoms with E-state index in [0.29, 0.717) is 11.5 Å². The van der Waals surface area contributed by atoms with Gasteiger partial charge in [-0.3, -0.25) is 4.79 Å². The number of sulfone groups is 1. The van der Waals surface area contributed by atoms with E-state index in [9.17, 15) is 13.2 Å². The molecule has 0 saturated carbocycles. The third kappa shape index (κ3) is 4.53. The Hall–Kier alpha value is -3.13. The van der Waals surface area contributed by atoms with Gasteiger partial charge in [0.1, 0.15) is 5.75 Å². The molecule has 0 aliphatic heterocycles. The summed E-state index contributed by atoms with van der Waals surface area (Å²) < 4.78 is 34.7. The molecule has 1 aromatic heterocycles. The number of nitrogens with one attached hydrogen (secondary N) is 1. The zero-order chi connectivity index (χ0) is 19.3. The first-order valence-electron chi connectivity index (χ1n) is 8.17. The van der Waals surface area contributed by atoms with Gasteiger partial charge in [0.25, 0.3) is 5.91 Å². The Bertz CT molecular complexity index is 1010. The number of ether oxygens (including phenoxy) is 1. The predicted molar refractivity (Wildman–Crippen MR) is 99.3 cm³/mol. The van der Waals surface area contributed by atoms with Crippen molar-refractivity contribution in [1.29, 1.82) is 0 Å². The number of carbonyl (C=O) groups excluding carboxylic acids is 1. The third-order valence-electron chi connectivity index (χ3n) is 3.88. The van der Waals surface area contributed by atoms with Gasteiger partial charge in [0.2, 0.25) is 0 Å². The van der Waals surface area contributed by atoms with Crippen molar-refractivity contribution in [3.8, 4) is 17.1 Å². The molecule has 0 bridgehead atoms. The Morgan fingerprint density at radius 1 is 1.11 bits per heavy atom. The second-order valence-corrected chi connectivity index (χ2v) is 7.80. The van der Waals surface area contributed by atoms with Gasteiger partial charge in [-0.1, -0.05) is 23.4 Å². The molecule has 3 aromatic rings. The lowest BCUT2D eigenvalue weighted by atomic mass is 10.1. The number of carbonyl (C=O) groups is 1. The Balaban J connectivity index is 1.59. The zero-order valence-corrected chi connectivity index (χ0v) is 15.4. The lowest BCUT2D eigenvalue weighted by Gasteiger charge is -2.05. The van der Waals surface area contributed by atoms with Crippen LogP contribution in [-0.2, 0) is 9.84 Å². The molecule has 7 nitrogen and oxygen atoms in total. The predicted octanol–water partition coefficient (Wildman–Crippen LogP) is 2.55. The van der Waals surface area contributed by atoms with E-state index in [0.717, 1.165) is 5.56 Å². The van der Waals surface area contributed by atoms with Crippen LogP contribution in [0.3, 0.4) is 0 Å².